The first kappa shape index (κ1) is 20.0. The summed E-state index contributed by atoms with van der Waals surface area (Å²) >= 11 is 2.89. The average Bonchev–Trinajstić information content (AvgIpc) is 3.49. The standard InChI is InChI=1S/C19H19N3O4S3/c1-26-15-7-6-13(11-17(15)29(24,25)22-8-2-3-9-22)18(23)21-19-20-14(12-28-19)16-5-4-10-27-16/h4-7,10-12H,2-3,8-9H2,1H3,(H,20,21,23). The van der Waals surface area contributed by atoms with E-state index in [0.29, 0.717) is 18.2 Å². The summed E-state index contributed by atoms with van der Waals surface area (Å²) in [7, 11) is -2.30. The van der Waals surface area contributed by atoms with E-state index in [2.05, 4.69) is 10.3 Å². The second-order valence-corrected chi connectivity index (χ2v) is 10.2. The van der Waals surface area contributed by atoms with E-state index in [1.807, 2.05) is 22.9 Å². The number of carbonyl (C=O) groups excluding carboxylic acids is 1. The van der Waals surface area contributed by atoms with Crippen LogP contribution in [0, 0.1) is 0 Å². The van der Waals surface area contributed by atoms with Crippen molar-refractivity contribution in [1.29, 1.82) is 0 Å². The first-order chi connectivity index (χ1) is 14.0. The van der Waals surface area contributed by atoms with Crippen molar-refractivity contribution >= 4 is 43.7 Å². The zero-order chi connectivity index (χ0) is 20.4. The number of nitrogens with one attached hydrogen (secondary N) is 1. The zero-order valence-corrected chi connectivity index (χ0v) is 18.1. The van der Waals surface area contributed by atoms with Crippen molar-refractivity contribution in [2.45, 2.75) is 17.7 Å². The molecule has 1 aromatic carbocycles. The lowest BCUT2D eigenvalue weighted by Gasteiger charge is -2.18. The molecule has 1 N–H and O–H groups in total. The Balaban J connectivity index is 1.59. The van der Waals surface area contributed by atoms with E-state index in [0.717, 1.165) is 23.4 Å². The smallest absolute Gasteiger partial charge is 0.257 e. The molecule has 10 heteroatoms. The molecule has 0 spiro atoms. The Morgan fingerprint density at radius 2 is 2.00 bits per heavy atom. The molecule has 4 rings (SSSR count). The highest BCUT2D eigenvalue weighted by molar-refractivity contribution is 7.89. The topological polar surface area (TPSA) is 88.6 Å². The molecular formula is C19H19N3O4S3. The number of ether oxygens (including phenoxy) is 1. The van der Waals surface area contributed by atoms with Crippen LogP contribution in [0.1, 0.15) is 23.2 Å². The first-order valence-corrected chi connectivity index (χ1v) is 12.2. The van der Waals surface area contributed by atoms with Crippen molar-refractivity contribution < 1.29 is 17.9 Å². The maximum atomic E-state index is 13.0. The fourth-order valence-electron chi connectivity index (χ4n) is 3.13. The Morgan fingerprint density at radius 3 is 2.69 bits per heavy atom. The summed E-state index contributed by atoms with van der Waals surface area (Å²) in [5.41, 5.74) is 1.03. The normalized spacial score (nSPS) is 14.8. The lowest BCUT2D eigenvalue weighted by Crippen LogP contribution is -2.28. The van der Waals surface area contributed by atoms with Crippen LogP contribution in [0.4, 0.5) is 5.13 Å². The molecular weight excluding hydrogens is 430 g/mol. The Morgan fingerprint density at radius 1 is 1.21 bits per heavy atom. The summed E-state index contributed by atoms with van der Waals surface area (Å²) in [6.45, 7) is 0.957. The summed E-state index contributed by atoms with van der Waals surface area (Å²) in [6.07, 6.45) is 1.66. The van der Waals surface area contributed by atoms with Crippen LogP contribution in [-0.2, 0) is 10.0 Å². The summed E-state index contributed by atoms with van der Waals surface area (Å²) < 4.78 is 32.6. The number of rotatable bonds is 6. The fourth-order valence-corrected chi connectivity index (χ4v) is 6.29. The van der Waals surface area contributed by atoms with Crippen LogP contribution in [0.25, 0.3) is 10.6 Å². The molecule has 152 valence electrons. The summed E-state index contributed by atoms with van der Waals surface area (Å²) in [4.78, 5) is 18.2. The number of aromatic nitrogens is 1. The Kier molecular flexibility index (Phi) is 5.68. The summed E-state index contributed by atoms with van der Waals surface area (Å²) in [5.74, 6) is -0.194. The van der Waals surface area contributed by atoms with Gasteiger partial charge in [0, 0.05) is 24.0 Å². The highest BCUT2D eigenvalue weighted by atomic mass is 32.2. The average molecular weight is 450 g/mol. The van der Waals surface area contributed by atoms with E-state index in [1.165, 1.54) is 34.9 Å². The van der Waals surface area contributed by atoms with Crippen molar-refractivity contribution in [2.75, 3.05) is 25.5 Å². The largest absolute Gasteiger partial charge is 0.495 e. The van der Waals surface area contributed by atoms with Crippen molar-refractivity contribution in [3.63, 3.8) is 0 Å². The van der Waals surface area contributed by atoms with Gasteiger partial charge in [-0.3, -0.25) is 10.1 Å². The minimum atomic E-state index is -3.72. The maximum absolute atomic E-state index is 13.0. The zero-order valence-electron chi connectivity index (χ0n) is 15.6. The number of anilines is 1. The molecule has 0 unspecified atom stereocenters. The van der Waals surface area contributed by atoms with Gasteiger partial charge in [0.25, 0.3) is 5.91 Å². The molecule has 0 bridgehead atoms. The number of methoxy groups -OCH3 is 1. The number of thiophene rings is 1. The lowest BCUT2D eigenvalue weighted by molar-refractivity contribution is 0.102. The highest BCUT2D eigenvalue weighted by Crippen LogP contribution is 2.31. The van der Waals surface area contributed by atoms with Crippen LogP contribution >= 0.6 is 22.7 Å². The van der Waals surface area contributed by atoms with Gasteiger partial charge in [-0.05, 0) is 42.5 Å². The van der Waals surface area contributed by atoms with Crippen molar-refractivity contribution in [3.8, 4) is 16.3 Å². The van der Waals surface area contributed by atoms with Gasteiger partial charge < -0.3 is 4.74 Å². The number of amides is 1. The van der Waals surface area contributed by atoms with Crippen LogP contribution in [0.5, 0.6) is 5.75 Å². The van der Waals surface area contributed by atoms with Crippen LogP contribution in [0.15, 0.2) is 46.0 Å². The van der Waals surface area contributed by atoms with Crippen molar-refractivity contribution in [3.05, 3.63) is 46.7 Å². The van der Waals surface area contributed by atoms with E-state index >= 15 is 0 Å². The number of sulfonamides is 1. The fraction of sp³-hybridized carbons (Fsp3) is 0.263. The van der Waals surface area contributed by atoms with Gasteiger partial charge in [0.2, 0.25) is 10.0 Å². The Hall–Kier alpha value is -2.27. The molecule has 0 saturated carbocycles. The molecule has 7 nitrogen and oxygen atoms in total. The van der Waals surface area contributed by atoms with Gasteiger partial charge in [0.15, 0.2) is 5.13 Å². The molecule has 2 aromatic heterocycles. The number of hydrogen-bond donors (Lipinski definition) is 1. The molecule has 3 heterocycles. The molecule has 1 aliphatic heterocycles. The number of hydrogen-bond acceptors (Lipinski definition) is 7. The molecule has 3 aromatic rings. The predicted octanol–water partition coefficient (Wildman–Crippen LogP) is 3.92. The summed E-state index contributed by atoms with van der Waals surface area (Å²) in [5, 5.41) is 7.05. The monoisotopic (exact) mass is 449 g/mol. The van der Waals surface area contributed by atoms with E-state index in [1.54, 1.807) is 17.4 Å². The Bertz CT molecular complexity index is 1120. The highest BCUT2D eigenvalue weighted by Gasteiger charge is 2.30. The van der Waals surface area contributed by atoms with E-state index < -0.39 is 15.9 Å². The van der Waals surface area contributed by atoms with Gasteiger partial charge in [-0.15, -0.1) is 22.7 Å². The number of benzene rings is 1. The number of thiazole rings is 1. The van der Waals surface area contributed by atoms with E-state index in [-0.39, 0.29) is 16.2 Å². The van der Waals surface area contributed by atoms with Gasteiger partial charge in [-0.2, -0.15) is 4.31 Å². The lowest BCUT2D eigenvalue weighted by atomic mass is 10.2. The third-order valence-electron chi connectivity index (χ3n) is 4.61. The second kappa shape index (κ2) is 8.23. The quantitative estimate of drug-likeness (QED) is 0.616. The number of carbonyl (C=O) groups is 1. The Labute approximate surface area is 177 Å². The SMILES string of the molecule is COc1ccc(C(=O)Nc2nc(-c3cccs3)cs2)cc1S(=O)(=O)N1CCCC1. The minimum absolute atomic E-state index is 0.00737. The van der Waals surface area contributed by atoms with Gasteiger partial charge in [0.1, 0.15) is 10.6 Å². The predicted molar refractivity (Wildman–Crippen MR) is 114 cm³/mol. The molecule has 1 aliphatic rings. The van der Waals surface area contributed by atoms with Gasteiger partial charge in [0.05, 0.1) is 17.7 Å². The molecule has 0 aliphatic carbocycles. The van der Waals surface area contributed by atoms with Crippen LogP contribution in [0.2, 0.25) is 0 Å². The van der Waals surface area contributed by atoms with E-state index in [4.69, 9.17) is 4.74 Å². The summed E-state index contributed by atoms with van der Waals surface area (Å²) in [6, 6.07) is 8.33. The maximum Gasteiger partial charge on any atom is 0.257 e. The van der Waals surface area contributed by atoms with Crippen LogP contribution in [-0.4, -0.2) is 43.8 Å². The van der Waals surface area contributed by atoms with Crippen molar-refractivity contribution in [1.82, 2.24) is 9.29 Å². The van der Waals surface area contributed by atoms with E-state index in [9.17, 15) is 13.2 Å². The van der Waals surface area contributed by atoms with Crippen molar-refractivity contribution in [2.24, 2.45) is 0 Å². The third-order valence-corrected chi connectivity index (χ3v) is 8.18. The molecule has 0 atom stereocenters. The van der Waals surface area contributed by atoms with Gasteiger partial charge >= 0.3 is 0 Å². The second-order valence-electron chi connectivity index (χ2n) is 6.45. The molecule has 1 amide bonds. The van der Waals surface area contributed by atoms with Gasteiger partial charge in [-0.1, -0.05) is 6.07 Å². The molecule has 29 heavy (non-hydrogen) atoms. The first-order valence-electron chi connectivity index (χ1n) is 8.98. The molecule has 1 fully saturated rings. The molecule has 0 radical (unpaired) electrons. The van der Waals surface area contributed by atoms with Crippen LogP contribution in [0.3, 0.4) is 0 Å². The molecule has 1 saturated heterocycles. The van der Waals surface area contributed by atoms with Crippen LogP contribution < -0.4 is 10.1 Å². The third kappa shape index (κ3) is 4.06. The van der Waals surface area contributed by atoms with Gasteiger partial charge in [-0.25, -0.2) is 13.4 Å². The number of nitrogens with zero attached hydrogens (tertiary/aromatic N) is 2. The minimum Gasteiger partial charge on any atom is -0.495 e.